The van der Waals surface area contributed by atoms with Crippen LogP contribution in [0.4, 0.5) is 0 Å². The lowest BCUT2D eigenvalue weighted by atomic mass is 9.78. The van der Waals surface area contributed by atoms with E-state index in [0.717, 1.165) is 0 Å². The van der Waals surface area contributed by atoms with Gasteiger partial charge < -0.3 is 9.13 Å². The Hall–Kier alpha value is -7.42. The summed E-state index contributed by atoms with van der Waals surface area (Å²) in [6, 6.07) is 72.3. The van der Waals surface area contributed by atoms with E-state index in [0.29, 0.717) is 0 Å². The second-order valence-electron chi connectivity index (χ2n) is 20.3. The third kappa shape index (κ3) is 6.78. The molecule has 11 aromatic rings. The van der Waals surface area contributed by atoms with Crippen LogP contribution in [0.25, 0.3) is 99.5 Å². The molecule has 0 bridgehead atoms. The number of nitrogens with zero attached hydrogens (tertiary/aromatic N) is 2. The van der Waals surface area contributed by atoms with Crippen molar-refractivity contribution in [1.29, 1.82) is 0 Å². The highest BCUT2D eigenvalue weighted by atomic mass is 15.0. The van der Waals surface area contributed by atoms with E-state index in [4.69, 9.17) is 0 Å². The molecule has 0 unspecified atom stereocenters. The molecular weight excluding hydrogens is 797 g/mol. The van der Waals surface area contributed by atoms with Crippen molar-refractivity contribution in [2.45, 2.75) is 66.2 Å². The Morgan fingerprint density at radius 2 is 0.576 bits per heavy atom. The molecule has 0 N–H and O–H groups in total. The third-order valence-corrected chi connectivity index (χ3v) is 14.0. The average Bonchev–Trinajstić information content (AvgIpc) is 3.84. The predicted octanol–water partition coefficient (Wildman–Crippen LogP) is 17.8. The largest absolute Gasteiger partial charge is 0.309 e. The Morgan fingerprint density at radius 1 is 0.288 bits per heavy atom. The van der Waals surface area contributed by atoms with Gasteiger partial charge in [0.05, 0.1) is 22.1 Å². The highest BCUT2D eigenvalue weighted by Gasteiger charge is 2.27. The van der Waals surface area contributed by atoms with Gasteiger partial charge in [-0.25, -0.2) is 0 Å². The first-order valence-corrected chi connectivity index (χ1v) is 23.4. The summed E-state index contributed by atoms with van der Waals surface area (Å²) in [4.78, 5) is 0. The number of hydrogen-bond donors (Lipinski definition) is 0. The molecule has 66 heavy (non-hydrogen) atoms. The van der Waals surface area contributed by atoms with Crippen LogP contribution in [0.1, 0.15) is 63.8 Å². The van der Waals surface area contributed by atoms with Gasteiger partial charge in [0.15, 0.2) is 0 Å². The van der Waals surface area contributed by atoms with E-state index in [2.05, 4.69) is 259 Å². The molecule has 0 atom stereocenters. The standard InChI is InChI=1S/C64H56N2/c1-41-59(43-21-13-9-14-22-43)62(46-30-34-56-52(38-46)54-40-48(64(6,7)8)32-36-58(54)66(56)50-27-19-12-20-28-50)42(2)60(44-23-15-10-16-24-44)61(41)45-29-33-55-51(37-45)53-39-47(63(3,4)5)31-35-57(53)65(55)49-25-17-11-18-26-49/h9-40H,1-8H3. The molecule has 2 aromatic heterocycles. The molecule has 0 saturated heterocycles. The molecule has 0 radical (unpaired) electrons. The summed E-state index contributed by atoms with van der Waals surface area (Å²) in [7, 11) is 0. The first kappa shape index (κ1) is 41.3. The van der Waals surface area contributed by atoms with E-state index in [1.807, 2.05) is 0 Å². The fourth-order valence-electron chi connectivity index (χ4n) is 10.7. The lowest BCUT2D eigenvalue weighted by Crippen LogP contribution is -2.10. The summed E-state index contributed by atoms with van der Waals surface area (Å²) in [6.07, 6.45) is 0. The van der Waals surface area contributed by atoms with Gasteiger partial charge in [-0.05, 0) is 164 Å². The average molecular weight is 853 g/mol. The molecule has 2 heteroatoms. The van der Waals surface area contributed by atoms with Crippen molar-refractivity contribution >= 4 is 43.6 Å². The van der Waals surface area contributed by atoms with Crippen molar-refractivity contribution in [2.75, 3.05) is 0 Å². The molecule has 322 valence electrons. The number of para-hydroxylation sites is 2. The van der Waals surface area contributed by atoms with Crippen molar-refractivity contribution in [3.63, 3.8) is 0 Å². The molecule has 11 rings (SSSR count). The molecule has 0 spiro atoms. The second kappa shape index (κ2) is 15.6. The Morgan fingerprint density at radius 3 is 0.909 bits per heavy atom. The normalized spacial score (nSPS) is 12.2. The minimum Gasteiger partial charge on any atom is -0.309 e. The summed E-state index contributed by atoms with van der Waals surface area (Å²) in [5.41, 5.74) is 22.4. The maximum atomic E-state index is 2.48. The maximum Gasteiger partial charge on any atom is 0.0541 e. The number of fused-ring (bicyclic) bond motifs is 6. The minimum atomic E-state index is 0.00984. The molecular formula is C64H56N2. The molecule has 0 fully saturated rings. The second-order valence-corrected chi connectivity index (χ2v) is 20.3. The summed E-state index contributed by atoms with van der Waals surface area (Å²) >= 11 is 0. The van der Waals surface area contributed by atoms with Gasteiger partial charge >= 0.3 is 0 Å². The van der Waals surface area contributed by atoms with Crippen LogP contribution in [0.3, 0.4) is 0 Å². The zero-order valence-corrected chi connectivity index (χ0v) is 39.4. The van der Waals surface area contributed by atoms with Crippen LogP contribution in [0, 0.1) is 13.8 Å². The summed E-state index contributed by atoms with van der Waals surface area (Å²) < 4.78 is 4.87. The van der Waals surface area contributed by atoms with Gasteiger partial charge in [-0.3, -0.25) is 0 Å². The van der Waals surface area contributed by atoms with E-state index in [9.17, 15) is 0 Å². The van der Waals surface area contributed by atoms with Gasteiger partial charge in [-0.15, -0.1) is 0 Å². The first-order chi connectivity index (χ1) is 31.9. The quantitative estimate of drug-likeness (QED) is 0.158. The van der Waals surface area contributed by atoms with Gasteiger partial charge in [-0.2, -0.15) is 0 Å². The summed E-state index contributed by atoms with van der Waals surface area (Å²) in [5, 5.41) is 5.06. The van der Waals surface area contributed by atoms with Crippen LogP contribution in [-0.4, -0.2) is 9.13 Å². The van der Waals surface area contributed by atoms with Crippen molar-refractivity contribution in [2.24, 2.45) is 0 Å². The Labute approximate surface area is 389 Å². The number of benzene rings is 9. The molecule has 0 saturated carbocycles. The van der Waals surface area contributed by atoms with Crippen LogP contribution >= 0.6 is 0 Å². The Balaban J connectivity index is 1.23. The van der Waals surface area contributed by atoms with Crippen molar-refractivity contribution in [3.05, 3.63) is 216 Å². The van der Waals surface area contributed by atoms with Gasteiger partial charge in [-0.1, -0.05) is 163 Å². The van der Waals surface area contributed by atoms with Crippen molar-refractivity contribution in [1.82, 2.24) is 9.13 Å². The smallest absolute Gasteiger partial charge is 0.0541 e. The van der Waals surface area contributed by atoms with E-state index in [1.54, 1.807) is 0 Å². The van der Waals surface area contributed by atoms with E-state index < -0.39 is 0 Å². The Bertz CT molecular complexity index is 3390. The van der Waals surface area contributed by atoms with Crippen LogP contribution in [0.5, 0.6) is 0 Å². The SMILES string of the molecule is Cc1c(-c2ccccc2)c(-c2ccc3c(c2)c2cc(C(C)(C)C)ccc2n3-c2ccccc2)c(C)c(-c2ccccc2)c1-c1ccc2c(c1)c1cc(C(C)(C)C)ccc1n2-c1ccccc1. The van der Waals surface area contributed by atoms with E-state index >= 15 is 0 Å². The summed E-state index contributed by atoms with van der Waals surface area (Å²) in [5.74, 6) is 0. The fourth-order valence-corrected chi connectivity index (χ4v) is 10.7. The minimum absolute atomic E-state index is 0.00984. The lowest BCUT2D eigenvalue weighted by molar-refractivity contribution is 0.591. The van der Waals surface area contributed by atoms with Crippen LogP contribution in [-0.2, 0) is 10.8 Å². The molecule has 9 aromatic carbocycles. The van der Waals surface area contributed by atoms with Crippen molar-refractivity contribution < 1.29 is 0 Å². The molecule has 0 amide bonds. The van der Waals surface area contributed by atoms with Crippen LogP contribution in [0.2, 0.25) is 0 Å². The molecule has 0 aliphatic carbocycles. The molecule has 0 aliphatic heterocycles. The van der Waals surface area contributed by atoms with Gasteiger partial charge in [0.2, 0.25) is 0 Å². The third-order valence-electron chi connectivity index (χ3n) is 14.0. The van der Waals surface area contributed by atoms with Crippen LogP contribution < -0.4 is 0 Å². The van der Waals surface area contributed by atoms with E-state index in [-0.39, 0.29) is 10.8 Å². The van der Waals surface area contributed by atoms with E-state index in [1.165, 1.54) is 122 Å². The summed E-state index contributed by atoms with van der Waals surface area (Å²) in [6.45, 7) is 18.6. The highest BCUT2D eigenvalue weighted by Crippen LogP contribution is 2.50. The van der Waals surface area contributed by atoms with Gasteiger partial charge in [0.1, 0.15) is 0 Å². The monoisotopic (exact) mass is 852 g/mol. The number of aromatic nitrogens is 2. The fraction of sp³-hybridized carbons (Fsp3) is 0.156. The first-order valence-electron chi connectivity index (χ1n) is 23.4. The highest BCUT2D eigenvalue weighted by molar-refractivity contribution is 6.14. The lowest BCUT2D eigenvalue weighted by Gasteiger charge is -2.25. The Kier molecular flexibility index (Phi) is 9.78. The maximum absolute atomic E-state index is 2.48. The van der Waals surface area contributed by atoms with Crippen molar-refractivity contribution in [3.8, 4) is 55.9 Å². The van der Waals surface area contributed by atoms with Gasteiger partial charge in [0, 0.05) is 32.9 Å². The molecule has 2 heterocycles. The zero-order valence-electron chi connectivity index (χ0n) is 39.4. The number of rotatable bonds is 6. The van der Waals surface area contributed by atoms with Gasteiger partial charge in [0.25, 0.3) is 0 Å². The molecule has 2 nitrogen and oxygen atoms in total. The van der Waals surface area contributed by atoms with Crippen LogP contribution in [0.15, 0.2) is 194 Å². The number of hydrogen-bond acceptors (Lipinski definition) is 0. The topological polar surface area (TPSA) is 9.86 Å². The zero-order chi connectivity index (χ0) is 45.5. The molecule has 0 aliphatic rings. The predicted molar refractivity (Wildman–Crippen MR) is 284 cm³/mol.